The van der Waals surface area contributed by atoms with Crippen LogP contribution in [0.3, 0.4) is 0 Å². The third-order valence-electron chi connectivity index (χ3n) is 3.36. The molecule has 1 atom stereocenters. The van der Waals surface area contributed by atoms with Gasteiger partial charge in [0.05, 0.1) is 0 Å². The number of carbonyl (C=O) groups excluding carboxylic acids is 1. The van der Waals surface area contributed by atoms with Crippen molar-refractivity contribution in [3.8, 4) is 0 Å². The van der Waals surface area contributed by atoms with Crippen LogP contribution >= 0.6 is 0 Å². The molecule has 0 spiro atoms. The van der Waals surface area contributed by atoms with E-state index in [-0.39, 0.29) is 5.92 Å². The molecule has 1 aromatic carbocycles. The highest BCUT2D eigenvalue weighted by Crippen LogP contribution is 2.16. The van der Waals surface area contributed by atoms with Crippen LogP contribution in [0.15, 0.2) is 30.3 Å². The molecule has 0 aliphatic carbocycles. The van der Waals surface area contributed by atoms with Crippen molar-refractivity contribution in [2.45, 2.75) is 51.9 Å². The highest BCUT2D eigenvalue weighted by molar-refractivity contribution is 5.67. The van der Waals surface area contributed by atoms with Crippen LogP contribution in [0.1, 0.15) is 51.0 Å². The van der Waals surface area contributed by atoms with Gasteiger partial charge < -0.3 is 9.90 Å². The maximum Gasteiger partial charge on any atom is 0.0445 e. The van der Waals surface area contributed by atoms with Gasteiger partial charge in [-0.25, -0.2) is 0 Å². The Hall–Kier alpha value is -1.31. The number of carboxylic acids is 1. The fourth-order valence-electron chi connectivity index (χ4n) is 2.18. The molecule has 0 amide bonds. The molecule has 0 fully saturated rings. The lowest BCUT2D eigenvalue weighted by Crippen LogP contribution is -2.31. The van der Waals surface area contributed by atoms with Gasteiger partial charge in [-0.05, 0) is 30.7 Å². The predicted molar refractivity (Wildman–Crippen MR) is 72.0 cm³/mol. The van der Waals surface area contributed by atoms with Crippen LogP contribution < -0.4 is 5.11 Å². The molecular formula is C16H23O2-. The molecular weight excluding hydrogens is 224 g/mol. The summed E-state index contributed by atoms with van der Waals surface area (Å²) in [5, 5.41) is 11.1. The van der Waals surface area contributed by atoms with E-state index < -0.39 is 5.97 Å². The summed E-state index contributed by atoms with van der Waals surface area (Å²) in [7, 11) is 0. The van der Waals surface area contributed by atoms with Gasteiger partial charge in [-0.1, -0.05) is 62.9 Å². The van der Waals surface area contributed by atoms with Gasteiger partial charge in [0.25, 0.3) is 0 Å². The van der Waals surface area contributed by atoms with Crippen molar-refractivity contribution in [3.63, 3.8) is 0 Å². The number of carboxylic acid groups (broad SMARTS) is 1. The van der Waals surface area contributed by atoms with E-state index in [0.717, 1.165) is 25.7 Å². The van der Waals surface area contributed by atoms with Gasteiger partial charge in [0, 0.05) is 5.97 Å². The third kappa shape index (κ3) is 5.85. The topological polar surface area (TPSA) is 40.1 Å². The second-order valence-corrected chi connectivity index (χ2v) is 4.89. The van der Waals surface area contributed by atoms with E-state index in [1.165, 1.54) is 18.4 Å². The van der Waals surface area contributed by atoms with Crippen LogP contribution in [0.25, 0.3) is 0 Å². The fourth-order valence-corrected chi connectivity index (χ4v) is 2.18. The average Bonchev–Trinajstić information content (AvgIpc) is 2.38. The zero-order valence-electron chi connectivity index (χ0n) is 11.2. The molecule has 0 aromatic heterocycles. The lowest BCUT2D eigenvalue weighted by Gasteiger charge is -2.17. The standard InChI is InChI=1S/C16H24O2/c1-2-3-4-8-11-15(16(17)18)13-12-14-9-6-5-7-10-14/h5-7,9-10,15H,2-4,8,11-13H2,1H3,(H,17,18)/p-1. The summed E-state index contributed by atoms with van der Waals surface area (Å²) in [6.07, 6.45) is 6.78. The smallest absolute Gasteiger partial charge is 0.0445 e. The molecule has 1 aromatic rings. The van der Waals surface area contributed by atoms with E-state index >= 15 is 0 Å². The van der Waals surface area contributed by atoms with Gasteiger partial charge in [-0.15, -0.1) is 0 Å². The second-order valence-electron chi connectivity index (χ2n) is 4.89. The largest absolute Gasteiger partial charge is 0.550 e. The number of carbonyl (C=O) groups is 1. The Morgan fingerprint density at radius 3 is 2.44 bits per heavy atom. The van der Waals surface area contributed by atoms with Crippen LogP contribution in [0.5, 0.6) is 0 Å². The van der Waals surface area contributed by atoms with Crippen molar-refractivity contribution in [2.24, 2.45) is 5.92 Å². The van der Waals surface area contributed by atoms with Crippen molar-refractivity contribution in [2.75, 3.05) is 0 Å². The zero-order valence-corrected chi connectivity index (χ0v) is 11.2. The number of hydrogen-bond donors (Lipinski definition) is 0. The Bertz CT molecular complexity index is 332. The van der Waals surface area contributed by atoms with Gasteiger partial charge in [-0.2, -0.15) is 0 Å². The molecule has 0 heterocycles. The van der Waals surface area contributed by atoms with Gasteiger partial charge in [0.15, 0.2) is 0 Å². The molecule has 0 aliphatic rings. The summed E-state index contributed by atoms with van der Waals surface area (Å²) < 4.78 is 0. The van der Waals surface area contributed by atoms with Crippen molar-refractivity contribution < 1.29 is 9.90 Å². The first-order valence-corrected chi connectivity index (χ1v) is 6.98. The molecule has 100 valence electrons. The summed E-state index contributed by atoms with van der Waals surface area (Å²) >= 11 is 0. The maximum atomic E-state index is 11.1. The first-order valence-electron chi connectivity index (χ1n) is 6.98. The minimum absolute atomic E-state index is 0.290. The van der Waals surface area contributed by atoms with Gasteiger partial charge in [0.2, 0.25) is 0 Å². The first-order chi connectivity index (χ1) is 8.74. The number of aliphatic carboxylic acids is 1. The highest BCUT2D eigenvalue weighted by atomic mass is 16.4. The molecule has 0 saturated heterocycles. The molecule has 0 saturated carbocycles. The Balaban J connectivity index is 2.32. The maximum absolute atomic E-state index is 11.1. The minimum atomic E-state index is -0.887. The van der Waals surface area contributed by atoms with E-state index in [2.05, 4.69) is 6.92 Å². The number of hydrogen-bond acceptors (Lipinski definition) is 2. The summed E-state index contributed by atoms with van der Waals surface area (Å²) in [6, 6.07) is 10.0. The highest BCUT2D eigenvalue weighted by Gasteiger charge is 2.09. The van der Waals surface area contributed by atoms with Gasteiger partial charge >= 0.3 is 0 Å². The second kappa shape index (κ2) is 8.73. The number of aryl methyl sites for hydroxylation is 1. The summed E-state index contributed by atoms with van der Waals surface area (Å²) in [5.41, 5.74) is 1.21. The van der Waals surface area contributed by atoms with Gasteiger partial charge in [-0.3, -0.25) is 0 Å². The van der Waals surface area contributed by atoms with Crippen molar-refractivity contribution >= 4 is 5.97 Å². The average molecular weight is 247 g/mol. The Labute approximate surface area is 110 Å². The monoisotopic (exact) mass is 247 g/mol. The Morgan fingerprint density at radius 1 is 1.11 bits per heavy atom. The fraction of sp³-hybridized carbons (Fsp3) is 0.562. The lowest BCUT2D eigenvalue weighted by atomic mass is 9.94. The number of unbranched alkanes of at least 4 members (excludes halogenated alkanes) is 3. The third-order valence-corrected chi connectivity index (χ3v) is 3.36. The van der Waals surface area contributed by atoms with Crippen molar-refractivity contribution in [1.29, 1.82) is 0 Å². The molecule has 18 heavy (non-hydrogen) atoms. The normalized spacial score (nSPS) is 12.3. The van der Waals surface area contributed by atoms with Crippen molar-refractivity contribution in [1.82, 2.24) is 0 Å². The Morgan fingerprint density at radius 2 is 1.83 bits per heavy atom. The molecule has 0 bridgehead atoms. The summed E-state index contributed by atoms with van der Waals surface area (Å²) in [6.45, 7) is 2.16. The van der Waals surface area contributed by atoms with Crippen LogP contribution in [0.4, 0.5) is 0 Å². The van der Waals surface area contributed by atoms with Crippen LogP contribution in [0, 0.1) is 5.92 Å². The Kier molecular flexibility index (Phi) is 7.16. The molecule has 0 radical (unpaired) electrons. The van der Waals surface area contributed by atoms with Crippen LogP contribution in [-0.2, 0) is 11.2 Å². The van der Waals surface area contributed by atoms with E-state index in [0.29, 0.717) is 6.42 Å². The molecule has 2 heteroatoms. The predicted octanol–water partition coefficient (Wildman–Crippen LogP) is 2.96. The van der Waals surface area contributed by atoms with E-state index in [9.17, 15) is 9.90 Å². The lowest BCUT2D eigenvalue weighted by molar-refractivity contribution is -0.312. The molecule has 0 N–H and O–H groups in total. The first kappa shape index (κ1) is 14.7. The van der Waals surface area contributed by atoms with E-state index in [1.807, 2.05) is 30.3 Å². The van der Waals surface area contributed by atoms with Crippen molar-refractivity contribution in [3.05, 3.63) is 35.9 Å². The van der Waals surface area contributed by atoms with E-state index in [1.54, 1.807) is 0 Å². The molecule has 1 unspecified atom stereocenters. The number of benzene rings is 1. The molecule has 1 rings (SSSR count). The van der Waals surface area contributed by atoms with Crippen LogP contribution in [0.2, 0.25) is 0 Å². The summed E-state index contributed by atoms with van der Waals surface area (Å²) in [5.74, 6) is -1.18. The van der Waals surface area contributed by atoms with Gasteiger partial charge in [0.1, 0.15) is 0 Å². The zero-order chi connectivity index (χ0) is 13.2. The molecule has 0 aliphatic heterocycles. The SMILES string of the molecule is CCCCCCC(CCc1ccccc1)C(=O)[O-]. The molecule has 2 nitrogen and oxygen atoms in total. The minimum Gasteiger partial charge on any atom is -0.550 e. The number of rotatable bonds is 9. The van der Waals surface area contributed by atoms with E-state index in [4.69, 9.17) is 0 Å². The quantitative estimate of drug-likeness (QED) is 0.629. The summed E-state index contributed by atoms with van der Waals surface area (Å²) in [4.78, 5) is 11.1. The van der Waals surface area contributed by atoms with Crippen LogP contribution in [-0.4, -0.2) is 5.97 Å².